The van der Waals surface area contributed by atoms with Gasteiger partial charge in [-0.25, -0.2) is 9.97 Å². The van der Waals surface area contributed by atoms with Gasteiger partial charge in [-0.2, -0.15) is 0 Å². The van der Waals surface area contributed by atoms with Crippen LogP contribution < -0.4 is 5.32 Å². The molecule has 0 aliphatic carbocycles. The average Bonchev–Trinajstić information content (AvgIpc) is 2.83. The molecule has 0 unspecified atom stereocenters. The second-order valence-corrected chi connectivity index (χ2v) is 8.52. The third-order valence-electron chi connectivity index (χ3n) is 6.35. The Kier molecular flexibility index (Phi) is 6.69. The molecule has 3 heterocycles. The fraction of sp³-hybridized carbons (Fsp3) is 0.500. The Hall–Kier alpha value is -3.00. The molecule has 4 rings (SSSR count). The van der Waals surface area contributed by atoms with Crippen molar-refractivity contribution in [3.05, 3.63) is 52.5 Å². The fourth-order valence-corrected chi connectivity index (χ4v) is 4.56. The summed E-state index contributed by atoms with van der Waals surface area (Å²) in [6.45, 7) is 4.70. The molecule has 8 nitrogen and oxygen atoms in total. The third-order valence-corrected chi connectivity index (χ3v) is 6.35. The van der Waals surface area contributed by atoms with E-state index in [9.17, 15) is 9.59 Å². The number of methoxy groups -OCH3 is 1. The second kappa shape index (κ2) is 9.65. The number of likely N-dealkylation sites (tertiary alicyclic amines) is 1. The summed E-state index contributed by atoms with van der Waals surface area (Å²) in [6, 6.07) is 7.62. The van der Waals surface area contributed by atoms with Crippen molar-refractivity contribution in [3.63, 3.8) is 0 Å². The summed E-state index contributed by atoms with van der Waals surface area (Å²) >= 11 is 0. The molecule has 2 aliphatic rings. The van der Waals surface area contributed by atoms with E-state index in [-0.39, 0.29) is 17.7 Å². The number of piperidine rings is 1. The minimum Gasteiger partial charge on any atom is -0.380 e. The molecule has 1 saturated heterocycles. The van der Waals surface area contributed by atoms with Crippen LogP contribution in [0.2, 0.25) is 0 Å². The van der Waals surface area contributed by atoms with E-state index in [0.29, 0.717) is 31.8 Å². The highest BCUT2D eigenvalue weighted by atomic mass is 16.5. The van der Waals surface area contributed by atoms with Crippen LogP contribution in [0.4, 0.5) is 5.82 Å². The Bertz CT molecular complexity index is 975. The van der Waals surface area contributed by atoms with E-state index in [1.165, 1.54) is 0 Å². The van der Waals surface area contributed by atoms with Gasteiger partial charge in [0.1, 0.15) is 11.6 Å². The van der Waals surface area contributed by atoms with E-state index in [1.54, 1.807) is 14.0 Å². The number of nitrogens with zero attached hydrogens (tertiary/aromatic N) is 4. The zero-order valence-corrected chi connectivity index (χ0v) is 19.1. The molecule has 1 fully saturated rings. The van der Waals surface area contributed by atoms with Gasteiger partial charge in [-0.15, -0.1) is 0 Å². The number of carbonyl (C=O) groups is 2. The average molecular weight is 438 g/mol. The molecule has 170 valence electrons. The topological polar surface area (TPSA) is 87.7 Å². The molecule has 0 radical (unpaired) electrons. The quantitative estimate of drug-likeness (QED) is 0.774. The fourth-order valence-electron chi connectivity index (χ4n) is 4.56. The first-order valence-electron chi connectivity index (χ1n) is 11.2. The van der Waals surface area contributed by atoms with Gasteiger partial charge in [-0.05, 0) is 30.5 Å². The zero-order valence-electron chi connectivity index (χ0n) is 19.1. The van der Waals surface area contributed by atoms with Crippen molar-refractivity contribution in [1.82, 2.24) is 19.8 Å². The predicted molar refractivity (Wildman–Crippen MR) is 121 cm³/mol. The van der Waals surface area contributed by atoms with Gasteiger partial charge in [-0.3, -0.25) is 9.59 Å². The van der Waals surface area contributed by atoms with Crippen LogP contribution in [0.1, 0.15) is 58.7 Å². The van der Waals surface area contributed by atoms with Crippen LogP contribution in [0.25, 0.3) is 0 Å². The third kappa shape index (κ3) is 4.60. The number of benzene rings is 1. The summed E-state index contributed by atoms with van der Waals surface area (Å²) in [5.41, 5.74) is 3.75. The van der Waals surface area contributed by atoms with E-state index >= 15 is 0 Å². The lowest BCUT2D eigenvalue weighted by Gasteiger charge is -2.33. The predicted octanol–water partition coefficient (Wildman–Crippen LogP) is 2.59. The maximum Gasteiger partial charge on any atom is 0.253 e. The number of amides is 2. The normalized spacial score (nSPS) is 18.3. The Labute approximate surface area is 189 Å². The summed E-state index contributed by atoms with van der Waals surface area (Å²) in [7, 11) is 3.51. The monoisotopic (exact) mass is 437 g/mol. The van der Waals surface area contributed by atoms with Crippen molar-refractivity contribution in [2.24, 2.45) is 0 Å². The summed E-state index contributed by atoms with van der Waals surface area (Å²) in [6.07, 6.45) is 2.60. The minimum atomic E-state index is 0.0440. The highest BCUT2D eigenvalue weighted by molar-refractivity contribution is 5.94. The molecule has 0 spiro atoms. The number of carbonyl (C=O) groups excluding carboxylic acids is 2. The van der Waals surface area contributed by atoms with Gasteiger partial charge in [0.2, 0.25) is 5.91 Å². The molecule has 0 saturated carbocycles. The summed E-state index contributed by atoms with van der Waals surface area (Å²) in [5.74, 6) is 1.79. The van der Waals surface area contributed by atoms with E-state index in [1.807, 2.05) is 41.1 Å². The molecule has 1 atom stereocenters. The molecular formula is C24H31N5O3. The van der Waals surface area contributed by atoms with E-state index in [2.05, 4.69) is 5.32 Å². The number of anilines is 1. The zero-order chi connectivity index (χ0) is 22.7. The smallest absolute Gasteiger partial charge is 0.253 e. The SMILES string of the molecule is CNc1nc([C@H]2CCCN(C(=O)c3ccc(COC)cc3)C2)nc2c1CN(C(C)=O)CC2. The Morgan fingerprint density at radius 1 is 1.16 bits per heavy atom. The Balaban J connectivity index is 1.52. The second-order valence-electron chi connectivity index (χ2n) is 8.52. The summed E-state index contributed by atoms with van der Waals surface area (Å²) < 4.78 is 5.15. The van der Waals surface area contributed by atoms with E-state index in [0.717, 1.165) is 54.3 Å². The number of fused-ring (bicyclic) bond motifs is 1. The highest BCUT2D eigenvalue weighted by Crippen LogP contribution is 2.30. The van der Waals surface area contributed by atoms with Crippen LogP contribution in [-0.2, 0) is 29.1 Å². The van der Waals surface area contributed by atoms with Crippen LogP contribution in [0.5, 0.6) is 0 Å². The van der Waals surface area contributed by atoms with Crippen molar-refractivity contribution >= 4 is 17.6 Å². The first-order chi connectivity index (χ1) is 15.5. The minimum absolute atomic E-state index is 0.0440. The van der Waals surface area contributed by atoms with E-state index in [4.69, 9.17) is 14.7 Å². The van der Waals surface area contributed by atoms with Gasteiger partial charge in [0.05, 0.1) is 18.8 Å². The maximum atomic E-state index is 13.1. The molecule has 2 aromatic rings. The van der Waals surface area contributed by atoms with Gasteiger partial charge in [-0.1, -0.05) is 12.1 Å². The number of aromatic nitrogens is 2. The molecule has 2 aliphatic heterocycles. The first-order valence-corrected chi connectivity index (χ1v) is 11.2. The molecule has 2 amide bonds. The molecule has 32 heavy (non-hydrogen) atoms. The Morgan fingerprint density at radius 3 is 2.62 bits per heavy atom. The van der Waals surface area contributed by atoms with Crippen molar-refractivity contribution in [1.29, 1.82) is 0 Å². The van der Waals surface area contributed by atoms with Crippen LogP contribution >= 0.6 is 0 Å². The number of hydrogen-bond donors (Lipinski definition) is 1. The first kappa shape index (κ1) is 22.2. The number of ether oxygens (including phenoxy) is 1. The summed E-state index contributed by atoms with van der Waals surface area (Å²) in [4.78, 5) is 38.4. The largest absolute Gasteiger partial charge is 0.380 e. The van der Waals surface area contributed by atoms with Crippen molar-refractivity contribution in [2.45, 2.75) is 45.3 Å². The molecule has 8 heteroatoms. The standard InChI is InChI=1S/C24H31N5O3/c1-16(30)28-12-10-21-20(14-28)23(25-2)27-22(26-21)19-5-4-11-29(13-19)24(31)18-8-6-17(7-9-18)15-32-3/h6-9,19H,4-5,10-15H2,1-3H3,(H,25,26,27)/t19-/m0/s1. The molecular weight excluding hydrogens is 406 g/mol. The van der Waals surface area contributed by atoms with Crippen LogP contribution in [0.3, 0.4) is 0 Å². The van der Waals surface area contributed by atoms with Gasteiger partial charge in [0, 0.05) is 64.2 Å². The number of hydrogen-bond acceptors (Lipinski definition) is 6. The number of nitrogens with one attached hydrogen (secondary N) is 1. The van der Waals surface area contributed by atoms with Gasteiger partial charge < -0.3 is 19.9 Å². The Morgan fingerprint density at radius 2 is 1.94 bits per heavy atom. The van der Waals surface area contributed by atoms with Gasteiger partial charge in [0.15, 0.2) is 0 Å². The van der Waals surface area contributed by atoms with Crippen LogP contribution in [0, 0.1) is 0 Å². The van der Waals surface area contributed by atoms with Crippen molar-refractivity contribution < 1.29 is 14.3 Å². The lowest BCUT2D eigenvalue weighted by Crippen LogP contribution is -2.40. The lowest BCUT2D eigenvalue weighted by atomic mass is 9.95. The molecule has 1 aromatic carbocycles. The lowest BCUT2D eigenvalue weighted by molar-refractivity contribution is -0.129. The van der Waals surface area contributed by atoms with Crippen LogP contribution in [-0.4, -0.2) is 65.4 Å². The highest BCUT2D eigenvalue weighted by Gasteiger charge is 2.30. The molecule has 1 N–H and O–H groups in total. The van der Waals surface area contributed by atoms with Crippen LogP contribution in [0.15, 0.2) is 24.3 Å². The number of rotatable bonds is 5. The van der Waals surface area contributed by atoms with Crippen molar-refractivity contribution in [3.8, 4) is 0 Å². The van der Waals surface area contributed by atoms with Gasteiger partial charge in [0.25, 0.3) is 5.91 Å². The summed E-state index contributed by atoms with van der Waals surface area (Å²) in [5, 5.41) is 3.19. The van der Waals surface area contributed by atoms with Crippen molar-refractivity contribution in [2.75, 3.05) is 39.1 Å². The maximum absolute atomic E-state index is 13.1. The van der Waals surface area contributed by atoms with E-state index < -0.39 is 0 Å². The molecule has 0 bridgehead atoms. The van der Waals surface area contributed by atoms with Gasteiger partial charge >= 0.3 is 0 Å². The molecule has 1 aromatic heterocycles.